The first-order chi connectivity index (χ1) is 12.3. The predicted molar refractivity (Wildman–Crippen MR) is 99.8 cm³/mol. The maximum Gasteiger partial charge on any atom is 0.251 e. The van der Waals surface area contributed by atoms with Crippen LogP contribution in [0.4, 0.5) is 5.82 Å². The summed E-state index contributed by atoms with van der Waals surface area (Å²) in [4.78, 5) is 22.4. The summed E-state index contributed by atoms with van der Waals surface area (Å²) < 4.78 is 0. The SMILES string of the molecule is O=C(NC[C@H]1CCCN(c2ccccn2)C1)c1ccc2cc[nH]c2c1. The number of nitrogens with one attached hydrogen (secondary N) is 2. The van der Waals surface area contributed by atoms with Gasteiger partial charge in [0, 0.05) is 43.1 Å². The number of pyridine rings is 1. The number of carbonyl (C=O) groups is 1. The number of hydrogen-bond donors (Lipinski definition) is 2. The van der Waals surface area contributed by atoms with Gasteiger partial charge in [0.05, 0.1) is 0 Å². The van der Waals surface area contributed by atoms with Crippen molar-refractivity contribution in [2.45, 2.75) is 12.8 Å². The molecule has 128 valence electrons. The van der Waals surface area contributed by atoms with Crippen molar-refractivity contribution in [3.05, 3.63) is 60.4 Å². The zero-order valence-corrected chi connectivity index (χ0v) is 14.1. The van der Waals surface area contributed by atoms with E-state index >= 15 is 0 Å². The fourth-order valence-corrected chi connectivity index (χ4v) is 3.51. The second kappa shape index (κ2) is 6.97. The molecule has 1 aromatic carbocycles. The molecule has 4 rings (SSSR count). The number of benzene rings is 1. The van der Waals surface area contributed by atoms with E-state index in [1.807, 2.05) is 54.9 Å². The van der Waals surface area contributed by atoms with E-state index in [0.717, 1.165) is 42.7 Å². The molecule has 1 aliphatic rings. The van der Waals surface area contributed by atoms with Crippen molar-refractivity contribution in [3.63, 3.8) is 0 Å². The van der Waals surface area contributed by atoms with E-state index in [0.29, 0.717) is 18.0 Å². The highest BCUT2D eigenvalue weighted by Gasteiger charge is 2.21. The predicted octanol–water partition coefficient (Wildman–Crippen LogP) is 3.21. The Kier molecular flexibility index (Phi) is 4.37. The number of anilines is 1. The number of H-pyrrole nitrogens is 1. The summed E-state index contributed by atoms with van der Waals surface area (Å²) in [5.74, 6) is 1.47. The quantitative estimate of drug-likeness (QED) is 0.770. The number of carbonyl (C=O) groups excluding carboxylic acids is 1. The molecular weight excluding hydrogens is 312 g/mol. The van der Waals surface area contributed by atoms with Crippen LogP contribution < -0.4 is 10.2 Å². The van der Waals surface area contributed by atoms with Gasteiger partial charge in [-0.05, 0) is 54.5 Å². The van der Waals surface area contributed by atoms with Gasteiger partial charge in [0.1, 0.15) is 5.82 Å². The number of rotatable bonds is 4. The van der Waals surface area contributed by atoms with Crippen molar-refractivity contribution in [2.75, 3.05) is 24.5 Å². The largest absolute Gasteiger partial charge is 0.361 e. The fraction of sp³-hybridized carbons (Fsp3) is 0.300. The van der Waals surface area contributed by atoms with Crippen LogP contribution in [0.5, 0.6) is 0 Å². The normalized spacial score (nSPS) is 17.6. The van der Waals surface area contributed by atoms with Crippen LogP contribution in [0.1, 0.15) is 23.2 Å². The third kappa shape index (κ3) is 3.50. The first-order valence-corrected chi connectivity index (χ1v) is 8.81. The molecule has 0 bridgehead atoms. The zero-order valence-electron chi connectivity index (χ0n) is 14.1. The van der Waals surface area contributed by atoms with Gasteiger partial charge in [-0.25, -0.2) is 4.98 Å². The molecule has 5 nitrogen and oxygen atoms in total. The van der Waals surface area contributed by atoms with Crippen molar-refractivity contribution in [1.29, 1.82) is 0 Å². The van der Waals surface area contributed by atoms with E-state index in [1.54, 1.807) is 0 Å². The number of fused-ring (bicyclic) bond motifs is 1. The standard InChI is InChI=1S/C20H22N4O/c25-20(17-7-6-16-8-10-21-18(16)12-17)23-13-15-4-3-11-24(14-15)19-5-1-2-9-22-19/h1-2,5-10,12,15,21H,3-4,11,13-14H2,(H,23,25)/t15-/m1/s1. The molecular formula is C20H22N4O. The molecule has 1 amide bonds. The highest BCUT2D eigenvalue weighted by molar-refractivity contribution is 5.97. The number of piperidine rings is 1. The average Bonchev–Trinajstić information content (AvgIpc) is 3.15. The lowest BCUT2D eigenvalue weighted by atomic mass is 9.98. The fourth-order valence-electron chi connectivity index (χ4n) is 3.51. The molecule has 1 atom stereocenters. The number of aromatic amines is 1. The third-order valence-corrected chi connectivity index (χ3v) is 4.86. The second-order valence-electron chi connectivity index (χ2n) is 6.63. The van der Waals surface area contributed by atoms with Crippen LogP contribution in [0.25, 0.3) is 10.9 Å². The minimum absolute atomic E-state index is 0.00791. The number of nitrogens with zero attached hydrogens (tertiary/aromatic N) is 2. The lowest BCUT2D eigenvalue weighted by molar-refractivity contribution is 0.0946. The molecule has 25 heavy (non-hydrogen) atoms. The van der Waals surface area contributed by atoms with E-state index in [1.165, 1.54) is 0 Å². The molecule has 0 aliphatic carbocycles. The summed E-state index contributed by atoms with van der Waals surface area (Å²) in [6.07, 6.45) is 5.99. The number of aromatic nitrogens is 2. The molecule has 0 saturated carbocycles. The van der Waals surface area contributed by atoms with Gasteiger partial charge in [-0.1, -0.05) is 12.1 Å². The lowest BCUT2D eigenvalue weighted by Gasteiger charge is -2.33. The molecule has 0 radical (unpaired) electrons. The van der Waals surface area contributed by atoms with E-state index in [2.05, 4.69) is 20.2 Å². The zero-order chi connectivity index (χ0) is 17.1. The Morgan fingerprint density at radius 1 is 1.28 bits per heavy atom. The first-order valence-electron chi connectivity index (χ1n) is 8.81. The minimum Gasteiger partial charge on any atom is -0.361 e. The van der Waals surface area contributed by atoms with Gasteiger partial charge in [-0.15, -0.1) is 0 Å². The Morgan fingerprint density at radius 2 is 2.24 bits per heavy atom. The van der Waals surface area contributed by atoms with Gasteiger partial charge in [-0.3, -0.25) is 4.79 Å². The Morgan fingerprint density at radius 3 is 3.12 bits per heavy atom. The van der Waals surface area contributed by atoms with Crippen molar-refractivity contribution in [2.24, 2.45) is 5.92 Å². The number of hydrogen-bond acceptors (Lipinski definition) is 3. The molecule has 0 unspecified atom stereocenters. The van der Waals surface area contributed by atoms with Crippen LogP contribution in [0.3, 0.4) is 0 Å². The van der Waals surface area contributed by atoms with Gasteiger partial charge >= 0.3 is 0 Å². The topological polar surface area (TPSA) is 61.0 Å². The summed E-state index contributed by atoms with van der Waals surface area (Å²) in [5.41, 5.74) is 1.69. The van der Waals surface area contributed by atoms with Crippen molar-refractivity contribution < 1.29 is 4.79 Å². The molecule has 5 heteroatoms. The smallest absolute Gasteiger partial charge is 0.251 e. The first kappa shape index (κ1) is 15.7. The Labute approximate surface area is 147 Å². The van der Waals surface area contributed by atoms with Crippen molar-refractivity contribution in [3.8, 4) is 0 Å². The molecule has 3 aromatic rings. The summed E-state index contributed by atoms with van der Waals surface area (Å²) >= 11 is 0. The van der Waals surface area contributed by atoms with Crippen LogP contribution in [0.2, 0.25) is 0 Å². The van der Waals surface area contributed by atoms with E-state index in [-0.39, 0.29) is 5.91 Å². The van der Waals surface area contributed by atoms with Crippen LogP contribution >= 0.6 is 0 Å². The average molecular weight is 334 g/mol. The Balaban J connectivity index is 1.36. The van der Waals surface area contributed by atoms with Gasteiger partial charge < -0.3 is 15.2 Å². The molecule has 2 aromatic heterocycles. The minimum atomic E-state index is -0.00791. The van der Waals surface area contributed by atoms with Gasteiger partial charge in [0.2, 0.25) is 0 Å². The van der Waals surface area contributed by atoms with Crippen LogP contribution in [0, 0.1) is 5.92 Å². The Hall–Kier alpha value is -2.82. The van der Waals surface area contributed by atoms with Gasteiger partial charge in [0.15, 0.2) is 0 Å². The molecule has 3 heterocycles. The van der Waals surface area contributed by atoms with Crippen LogP contribution in [-0.4, -0.2) is 35.5 Å². The van der Waals surface area contributed by atoms with Crippen LogP contribution in [0.15, 0.2) is 54.9 Å². The summed E-state index contributed by atoms with van der Waals surface area (Å²) in [7, 11) is 0. The highest BCUT2D eigenvalue weighted by Crippen LogP contribution is 2.21. The lowest BCUT2D eigenvalue weighted by Crippen LogP contribution is -2.41. The molecule has 1 aliphatic heterocycles. The number of amides is 1. The molecule has 1 fully saturated rings. The maximum atomic E-state index is 12.5. The van der Waals surface area contributed by atoms with Crippen molar-refractivity contribution in [1.82, 2.24) is 15.3 Å². The van der Waals surface area contributed by atoms with E-state index in [9.17, 15) is 4.79 Å². The van der Waals surface area contributed by atoms with Gasteiger partial charge in [0.25, 0.3) is 5.91 Å². The summed E-state index contributed by atoms with van der Waals surface area (Å²) in [6.45, 7) is 2.67. The van der Waals surface area contributed by atoms with E-state index in [4.69, 9.17) is 0 Å². The summed E-state index contributed by atoms with van der Waals surface area (Å²) in [5, 5.41) is 4.22. The molecule has 0 spiro atoms. The monoisotopic (exact) mass is 334 g/mol. The van der Waals surface area contributed by atoms with Crippen LogP contribution in [-0.2, 0) is 0 Å². The van der Waals surface area contributed by atoms with Crippen molar-refractivity contribution >= 4 is 22.6 Å². The maximum absolute atomic E-state index is 12.5. The Bertz CT molecular complexity index is 858. The third-order valence-electron chi connectivity index (χ3n) is 4.86. The molecule has 2 N–H and O–H groups in total. The van der Waals surface area contributed by atoms with Gasteiger partial charge in [-0.2, -0.15) is 0 Å². The molecule has 1 saturated heterocycles. The second-order valence-corrected chi connectivity index (χ2v) is 6.63. The summed E-state index contributed by atoms with van der Waals surface area (Å²) in [6, 6.07) is 13.8. The van der Waals surface area contributed by atoms with E-state index < -0.39 is 0 Å². The highest BCUT2D eigenvalue weighted by atomic mass is 16.1.